The van der Waals surface area contributed by atoms with Crippen LogP contribution in [0.15, 0.2) is 24.3 Å². The molecule has 0 aliphatic heterocycles. The van der Waals surface area contributed by atoms with Gasteiger partial charge in [0.1, 0.15) is 0 Å². The number of benzene rings is 1. The highest BCUT2D eigenvalue weighted by Crippen LogP contribution is 2.18. The molecule has 0 atom stereocenters. The zero-order chi connectivity index (χ0) is 18.6. The molecule has 132 valence electrons. The monoisotopic (exact) mass is 317 g/mol. The Morgan fingerprint density at radius 2 is 1.26 bits per heavy atom. The maximum absolute atomic E-state index is 2.43. The average Bonchev–Trinajstić information content (AvgIpc) is 2.93. The Labute approximate surface area is 144 Å². The number of rotatable bonds is 0. The van der Waals surface area contributed by atoms with Crippen LogP contribution in [0.4, 0.5) is 0 Å². The van der Waals surface area contributed by atoms with Gasteiger partial charge in [-0.15, -0.1) is 0 Å². The van der Waals surface area contributed by atoms with E-state index < -0.39 is 0 Å². The summed E-state index contributed by atoms with van der Waals surface area (Å²) in [5.41, 5.74) is 1.42. The molecule has 0 amide bonds. The third-order valence-corrected chi connectivity index (χ3v) is 3.18. The molecule has 0 saturated carbocycles. The minimum atomic E-state index is 0.0999. The Hall–Kier alpha value is -1.50. The maximum atomic E-state index is 2.43. The standard InChI is InChI=1S/C16H21N.3C2H6/c1-6-12-13-10-8-9-11-15(13)17(14(12)7-2)16(3,4)5;3*1-2/h6-11H,1-5H3;3*1-2H3/b12-6-,14-7+;;;. The molecule has 0 N–H and O–H groups in total. The zero-order valence-electron chi connectivity index (χ0n) is 17.4. The molecule has 0 spiro atoms. The lowest BCUT2D eigenvalue weighted by molar-refractivity contribution is 0.401. The fraction of sp³-hybridized carbons (Fsp3) is 0.545. The number of nitrogens with zero attached hydrogens (tertiary/aromatic N) is 1. The Morgan fingerprint density at radius 1 is 0.783 bits per heavy atom. The Kier molecular flexibility index (Phi) is 12.4. The summed E-state index contributed by atoms with van der Waals surface area (Å²) in [5.74, 6) is 0. The molecule has 1 aromatic carbocycles. The van der Waals surface area contributed by atoms with Crippen LogP contribution in [-0.2, 0) is 5.54 Å². The minimum Gasteiger partial charge on any atom is -0.335 e. The van der Waals surface area contributed by atoms with E-state index in [2.05, 4.69) is 75.6 Å². The number of fused-ring (bicyclic) bond motifs is 1. The molecule has 1 nitrogen and oxygen atoms in total. The molecule has 1 aromatic heterocycles. The molecule has 0 unspecified atom stereocenters. The maximum Gasteiger partial charge on any atom is 0.0496 e. The van der Waals surface area contributed by atoms with Crippen molar-refractivity contribution in [2.75, 3.05) is 0 Å². The van der Waals surface area contributed by atoms with E-state index in [1.165, 1.54) is 21.5 Å². The van der Waals surface area contributed by atoms with Crippen LogP contribution in [0.25, 0.3) is 23.1 Å². The lowest BCUT2D eigenvalue weighted by Crippen LogP contribution is -2.37. The van der Waals surface area contributed by atoms with Gasteiger partial charge in [-0.3, -0.25) is 0 Å². The van der Waals surface area contributed by atoms with Crippen LogP contribution in [0.5, 0.6) is 0 Å². The Bertz CT molecular complexity index is 652. The van der Waals surface area contributed by atoms with Crippen molar-refractivity contribution in [3.05, 3.63) is 34.8 Å². The van der Waals surface area contributed by atoms with Crippen LogP contribution >= 0.6 is 0 Å². The van der Waals surface area contributed by atoms with Gasteiger partial charge in [-0.2, -0.15) is 0 Å². The molecule has 0 radical (unpaired) electrons. The number of para-hydroxylation sites is 1. The largest absolute Gasteiger partial charge is 0.335 e. The van der Waals surface area contributed by atoms with Crippen LogP contribution in [0.2, 0.25) is 0 Å². The van der Waals surface area contributed by atoms with E-state index in [4.69, 9.17) is 0 Å². The molecule has 0 bridgehead atoms. The molecule has 2 rings (SSSR count). The van der Waals surface area contributed by atoms with E-state index in [-0.39, 0.29) is 5.54 Å². The second kappa shape index (κ2) is 12.0. The van der Waals surface area contributed by atoms with Gasteiger partial charge in [0.25, 0.3) is 0 Å². The molecular weight excluding hydrogens is 278 g/mol. The van der Waals surface area contributed by atoms with E-state index in [9.17, 15) is 0 Å². The second-order valence-electron chi connectivity index (χ2n) is 5.40. The third kappa shape index (κ3) is 5.57. The first-order valence-electron chi connectivity index (χ1n) is 9.23. The molecule has 0 aliphatic rings. The second-order valence-corrected chi connectivity index (χ2v) is 5.40. The van der Waals surface area contributed by atoms with Crippen molar-refractivity contribution in [1.82, 2.24) is 4.57 Å². The molecule has 1 heterocycles. The zero-order valence-corrected chi connectivity index (χ0v) is 17.4. The fourth-order valence-electron chi connectivity index (χ4n) is 2.60. The fourth-order valence-corrected chi connectivity index (χ4v) is 2.60. The van der Waals surface area contributed by atoms with Crippen molar-refractivity contribution in [3.8, 4) is 0 Å². The topological polar surface area (TPSA) is 4.93 Å². The average molecular weight is 318 g/mol. The highest BCUT2D eigenvalue weighted by atomic mass is 15.0. The lowest BCUT2D eigenvalue weighted by Gasteiger charge is -2.23. The highest BCUT2D eigenvalue weighted by molar-refractivity contribution is 5.82. The number of hydrogen-bond donors (Lipinski definition) is 0. The first kappa shape index (κ1) is 23.8. The predicted molar refractivity (Wildman–Crippen MR) is 111 cm³/mol. The van der Waals surface area contributed by atoms with Crippen molar-refractivity contribution < 1.29 is 0 Å². The summed E-state index contributed by atoms with van der Waals surface area (Å²) < 4.78 is 2.43. The summed E-state index contributed by atoms with van der Waals surface area (Å²) in [5, 5.41) is 4.01. The number of hydrogen-bond acceptors (Lipinski definition) is 0. The van der Waals surface area contributed by atoms with Crippen molar-refractivity contribution in [2.24, 2.45) is 0 Å². The molecule has 0 saturated heterocycles. The summed E-state index contributed by atoms with van der Waals surface area (Å²) >= 11 is 0. The Morgan fingerprint density at radius 3 is 1.65 bits per heavy atom. The molecule has 0 aliphatic carbocycles. The van der Waals surface area contributed by atoms with Gasteiger partial charge in [0.05, 0.1) is 0 Å². The quantitative estimate of drug-likeness (QED) is 0.555. The summed E-state index contributed by atoms with van der Waals surface area (Å²) in [6.07, 6.45) is 4.42. The summed E-state index contributed by atoms with van der Waals surface area (Å²) in [4.78, 5) is 0. The van der Waals surface area contributed by atoms with Crippen molar-refractivity contribution in [3.63, 3.8) is 0 Å². The van der Waals surface area contributed by atoms with Gasteiger partial charge in [0.2, 0.25) is 0 Å². The van der Waals surface area contributed by atoms with E-state index in [1.54, 1.807) is 0 Å². The van der Waals surface area contributed by atoms with Gasteiger partial charge in [0.15, 0.2) is 0 Å². The Balaban J connectivity index is 0. The van der Waals surface area contributed by atoms with E-state index in [0.717, 1.165) is 0 Å². The van der Waals surface area contributed by atoms with Gasteiger partial charge >= 0.3 is 0 Å². The van der Waals surface area contributed by atoms with Crippen LogP contribution in [0, 0.1) is 0 Å². The smallest absolute Gasteiger partial charge is 0.0496 e. The SMILES string of the molecule is C/C=c1\c(=C/C)n(C(C)(C)C)c2ccccc12.CC.CC.CC. The van der Waals surface area contributed by atoms with Crippen molar-refractivity contribution in [1.29, 1.82) is 0 Å². The summed E-state index contributed by atoms with van der Waals surface area (Å²) in [6, 6.07) is 8.64. The first-order chi connectivity index (χ1) is 11.0. The molecule has 2 aromatic rings. The molecule has 1 heteroatoms. The highest BCUT2D eigenvalue weighted by Gasteiger charge is 2.17. The van der Waals surface area contributed by atoms with Gasteiger partial charge in [0, 0.05) is 27.0 Å². The molecule has 0 fully saturated rings. The van der Waals surface area contributed by atoms with E-state index in [1.807, 2.05) is 41.5 Å². The predicted octanol–water partition coefficient (Wildman–Crippen LogP) is 6.08. The van der Waals surface area contributed by atoms with Gasteiger partial charge in [-0.05, 0) is 40.7 Å². The van der Waals surface area contributed by atoms with Crippen LogP contribution in [0.1, 0.15) is 76.2 Å². The van der Waals surface area contributed by atoms with Crippen molar-refractivity contribution >= 4 is 23.1 Å². The summed E-state index contributed by atoms with van der Waals surface area (Å²) in [6.45, 7) is 23.0. The van der Waals surface area contributed by atoms with E-state index in [0.29, 0.717) is 0 Å². The van der Waals surface area contributed by atoms with Crippen LogP contribution in [-0.4, -0.2) is 4.57 Å². The van der Waals surface area contributed by atoms with Gasteiger partial charge in [-0.1, -0.05) is 71.9 Å². The normalized spacial score (nSPS) is 11.8. The summed E-state index contributed by atoms with van der Waals surface area (Å²) in [7, 11) is 0. The van der Waals surface area contributed by atoms with E-state index >= 15 is 0 Å². The third-order valence-electron chi connectivity index (χ3n) is 3.18. The van der Waals surface area contributed by atoms with Crippen LogP contribution < -0.4 is 10.6 Å². The van der Waals surface area contributed by atoms with Gasteiger partial charge < -0.3 is 4.57 Å². The molecule has 23 heavy (non-hydrogen) atoms. The van der Waals surface area contributed by atoms with Crippen molar-refractivity contribution in [2.45, 2.75) is 81.7 Å². The van der Waals surface area contributed by atoms with Crippen LogP contribution in [0.3, 0.4) is 0 Å². The number of aromatic nitrogens is 1. The minimum absolute atomic E-state index is 0.0999. The lowest BCUT2D eigenvalue weighted by atomic mass is 10.1. The van der Waals surface area contributed by atoms with Gasteiger partial charge in [-0.25, -0.2) is 0 Å². The first-order valence-corrected chi connectivity index (χ1v) is 9.23. The molecular formula is C22H39N.